The first kappa shape index (κ1) is 18.5. The van der Waals surface area contributed by atoms with Crippen LogP contribution < -0.4 is 11.5 Å². The average Bonchev–Trinajstić information content (AvgIpc) is 2.55. The molecule has 0 spiro atoms. The molecule has 0 aromatic heterocycles. The van der Waals surface area contributed by atoms with Crippen LogP contribution in [0.15, 0.2) is 11.6 Å². The molecular formula is C14H23N3O4S. The normalized spacial score (nSPS) is 26.0. The van der Waals surface area contributed by atoms with Gasteiger partial charge in [0.05, 0.1) is 11.8 Å². The molecule has 3 atom stereocenters. The Kier molecular flexibility index (Phi) is 5.64. The fraction of sp³-hybridized carbons (Fsp3) is 0.643. The summed E-state index contributed by atoms with van der Waals surface area (Å²) in [6, 6.07) is -1.28. The first-order valence-corrected chi connectivity index (χ1v) is 7.77. The third-order valence-corrected chi connectivity index (χ3v) is 4.90. The lowest BCUT2D eigenvalue weighted by molar-refractivity contribution is -0.157. The van der Waals surface area contributed by atoms with Gasteiger partial charge >= 0.3 is 5.97 Å². The molecule has 2 aliphatic rings. The second-order valence-electron chi connectivity index (χ2n) is 6.09. The molecule has 0 saturated carbocycles. The van der Waals surface area contributed by atoms with Gasteiger partial charge in [-0.3, -0.25) is 9.59 Å². The summed E-state index contributed by atoms with van der Waals surface area (Å²) in [6.07, 6.45) is 2.13. The molecule has 2 fully saturated rings. The van der Waals surface area contributed by atoms with E-state index in [1.165, 1.54) is 4.90 Å². The highest BCUT2D eigenvalue weighted by atomic mass is 32.2. The van der Waals surface area contributed by atoms with Crippen molar-refractivity contribution in [3.8, 4) is 0 Å². The standard InChI is InChI=1S/C8H11NO3S.C6H12N2O/c1-8(2)6(7(11)12)9-4(10)3-5(9)13-8;1-4(2)3-5(7)6(8)9/h5-6H,3H2,1-2H3,(H,11,12);3,5H,7H2,1-2H3,(H2,8,9)/t5-,6+;/m1./s1. The molecule has 2 heterocycles. The van der Waals surface area contributed by atoms with Gasteiger partial charge in [-0.05, 0) is 27.7 Å². The number of aliphatic carboxylic acids is 1. The first-order chi connectivity index (χ1) is 9.97. The number of carbonyl (C=O) groups is 3. The third-order valence-electron chi connectivity index (χ3n) is 3.40. The number of carboxylic acid groups (broad SMARTS) is 1. The quantitative estimate of drug-likeness (QED) is 0.504. The number of hydrogen-bond acceptors (Lipinski definition) is 5. The predicted octanol–water partition coefficient (Wildman–Crippen LogP) is 0.289. The minimum atomic E-state index is -0.895. The van der Waals surface area contributed by atoms with Crippen molar-refractivity contribution in [3.63, 3.8) is 0 Å². The van der Waals surface area contributed by atoms with Crippen molar-refractivity contribution < 1.29 is 19.5 Å². The number of primary amides is 1. The highest BCUT2D eigenvalue weighted by Gasteiger charge is 2.58. The van der Waals surface area contributed by atoms with Crippen LogP contribution in [0, 0.1) is 0 Å². The Balaban J connectivity index is 0.000000239. The summed E-state index contributed by atoms with van der Waals surface area (Å²) in [5, 5.41) is 9.08. The molecule has 2 aliphatic heterocycles. The van der Waals surface area contributed by atoms with Crippen LogP contribution in [-0.4, -0.2) is 50.0 Å². The van der Waals surface area contributed by atoms with Crippen molar-refractivity contribution in [2.75, 3.05) is 0 Å². The lowest BCUT2D eigenvalue weighted by atomic mass is 9.98. The molecule has 7 nitrogen and oxygen atoms in total. The van der Waals surface area contributed by atoms with Crippen LogP contribution in [0.25, 0.3) is 0 Å². The Morgan fingerprint density at radius 1 is 1.45 bits per heavy atom. The maximum Gasteiger partial charge on any atom is 0.327 e. The van der Waals surface area contributed by atoms with E-state index in [-0.39, 0.29) is 16.0 Å². The lowest BCUT2D eigenvalue weighted by Gasteiger charge is -2.36. The van der Waals surface area contributed by atoms with E-state index in [4.69, 9.17) is 16.6 Å². The molecule has 0 aliphatic carbocycles. The largest absolute Gasteiger partial charge is 0.480 e. The van der Waals surface area contributed by atoms with Crippen LogP contribution in [0.2, 0.25) is 0 Å². The Bertz CT molecular complexity index is 514. The zero-order valence-electron chi connectivity index (χ0n) is 13.2. The molecule has 0 bridgehead atoms. The summed E-state index contributed by atoms with van der Waals surface area (Å²) in [7, 11) is 0. The topological polar surface area (TPSA) is 127 Å². The number of hydrogen-bond donors (Lipinski definition) is 3. The zero-order chi connectivity index (χ0) is 17.2. The maximum absolute atomic E-state index is 11.2. The maximum atomic E-state index is 11.2. The molecule has 2 saturated heterocycles. The van der Waals surface area contributed by atoms with E-state index in [0.717, 1.165) is 5.57 Å². The molecule has 0 aromatic rings. The number of rotatable bonds is 3. The second kappa shape index (κ2) is 6.70. The predicted molar refractivity (Wildman–Crippen MR) is 84.9 cm³/mol. The first-order valence-electron chi connectivity index (χ1n) is 6.89. The zero-order valence-corrected chi connectivity index (χ0v) is 14.0. The van der Waals surface area contributed by atoms with Gasteiger partial charge in [0.1, 0.15) is 12.1 Å². The van der Waals surface area contributed by atoms with Crippen molar-refractivity contribution in [2.24, 2.45) is 11.5 Å². The molecule has 1 unspecified atom stereocenters. The number of carbonyl (C=O) groups excluding carboxylic acids is 2. The van der Waals surface area contributed by atoms with Gasteiger partial charge in [0.25, 0.3) is 0 Å². The number of β-lactam (4-membered cyclic amide) rings is 1. The van der Waals surface area contributed by atoms with Gasteiger partial charge in [-0.1, -0.05) is 11.6 Å². The number of thioether (sulfide) groups is 1. The Hall–Kier alpha value is -1.54. The SMILES string of the molecule is CC(C)=CC(N)C(N)=O.CC1(C)S[C@@H]2CC(=O)N2[C@H]1C(=O)O. The Morgan fingerprint density at radius 3 is 2.27 bits per heavy atom. The van der Waals surface area contributed by atoms with Gasteiger partial charge in [0, 0.05) is 4.75 Å². The van der Waals surface area contributed by atoms with Gasteiger partial charge in [-0.25, -0.2) is 4.79 Å². The van der Waals surface area contributed by atoms with Crippen LogP contribution in [0.1, 0.15) is 34.1 Å². The summed E-state index contributed by atoms with van der Waals surface area (Å²) < 4.78 is -0.358. The van der Waals surface area contributed by atoms with Gasteiger partial charge in [0.2, 0.25) is 11.8 Å². The molecule has 124 valence electrons. The van der Waals surface area contributed by atoms with Crippen LogP contribution in [0.3, 0.4) is 0 Å². The van der Waals surface area contributed by atoms with E-state index in [0.29, 0.717) is 6.42 Å². The molecule has 0 radical (unpaired) electrons. The molecule has 2 rings (SSSR count). The van der Waals surface area contributed by atoms with E-state index in [1.807, 2.05) is 27.7 Å². The fourth-order valence-corrected chi connectivity index (χ4v) is 4.04. The van der Waals surface area contributed by atoms with Gasteiger partial charge < -0.3 is 21.5 Å². The molecule has 0 aromatic carbocycles. The summed E-state index contributed by atoms with van der Waals surface area (Å²) in [5.74, 6) is -1.42. The molecule has 5 N–H and O–H groups in total. The lowest BCUT2D eigenvalue weighted by Crippen LogP contribution is -2.56. The fourth-order valence-electron chi connectivity index (χ4n) is 2.42. The third kappa shape index (κ3) is 4.01. The van der Waals surface area contributed by atoms with Gasteiger partial charge in [-0.15, -0.1) is 11.8 Å². The smallest absolute Gasteiger partial charge is 0.327 e. The van der Waals surface area contributed by atoms with Crippen molar-refractivity contribution in [1.29, 1.82) is 0 Å². The number of carboxylic acids is 1. The van der Waals surface area contributed by atoms with E-state index in [2.05, 4.69) is 0 Å². The summed E-state index contributed by atoms with van der Waals surface area (Å²) >= 11 is 1.58. The van der Waals surface area contributed by atoms with E-state index in [9.17, 15) is 14.4 Å². The van der Waals surface area contributed by atoms with Crippen molar-refractivity contribution in [1.82, 2.24) is 4.90 Å². The van der Waals surface area contributed by atoms with E-state index in [1.54, 1.807) is 17.8 Å². The number of nitrogens with two attached hydrogens (primary N) is 2. The number of nitrogens with zero attached hydrogens (tertiary/aromatic N) is 1. The van der Waals surface area contributed by atoms with Gasteiger partial charge in [-0.2, -0.15) is 0 Å². The summed E-state index contributed by atoms with van der Waals surface area (Å²) in [6.45, 7) is 7.48. The molecule has 2 amide bonds. The van der Waals surface area contributed by atoms with Crippen LogP contribution >= 0.6 is 11.8 Å². The number of amides is 2. The van der Waals surface area contributed by atoms with Crippen molar-refractivity contribution in [2.45, 2.75) is 56.3 Å². The minimum absolute atomic E-state index is 0.0320. The minimum Gasteiger partial charge on any atom is -0.480 e. The molecule has 8 heteroatoms. The van der Waals surface area contributed by atoms with Crippen LogP contribution in [0.5, 0.6) is 0 Å². The van der Waals surface area contributed by atoms with Crippen LogP contribution in [0.4, 0.5) is 0 Å². The summed E-state index contributed by atoms with van der Waals surface area (Å²) in [4.78, 5) is 33.9. The Labute approximate surface area is 134 Å². The average molecular weight is 329 g/mol. The highest BCUT2D eigenvalue weighted by Crippen LogP contribution is 2.50. The van der Waals surface area contributed by atoms with E-state index >= 15 is 0 Å². The van der Waals surface area contributed by atoms with Crippen LogP contribution in [-0.2, 0) is 14.4 Å². The Morgan fingerprint density at radius 2 is 2.00 bits per heavy atom. The van der Waals surface area contributed by atoms with E-state index < -0.39 is 24.0 Å². The van der Waals surface area contributed by atoms with Crippen molar-refractivity contribution in [3.05, 3.63) is 11.6 Å². The molecular weight excluding hydrogens is 306 g/mol. The number of allylic oxidation sites excluding steroid dienone is 1. The summed E-state index contributed by atoms with van der Waals surface area (Å²) in [5.41, 5.74) is 11.1. The van der Waals surface area contributed by atoms with Crippen molar-refractivity contribution >= 4 is 29.5 Å². The molecule has 22 heavy (non-hydrogen) atoms. The monoisotopic (exact) mass is 329 g/mol. The second-order valence-corrected chi connectivity index (χ2v) is 7.93. The number of fused-ring (bicyclic) bond motifs is 1. The van der Waals surface area contributed by atoms with Gasteiger partial charge in [0.15, 0.2) is 0 Å². The highest BCUT2D eigenvalue weighted by molar-refractivity contribution is 8.01.